The Bertz CT molecular complexity index is 279. The van der Waals surface area contributed by atoms with Gasteiger partial charge in [0, 0.05) is 6.04 Å². The molecule has 0 saturated carbocycles. The van der Waals surface area contributed by atoms with Crippen molar-refractivity contribution in [2.24, 2.45) is 0 Å². The van der Waals surface area contributed by atoms with Gasteiger partial charge in [0.15, 0.2) is 0 Å². The summed E-state index contributed by atoms with van der Waals surface area (Å²) in [5, 5.41) is 0. The van der Waals surface area contributed by atoms with E-state index < -0.39 is 0 Å². The van der Waals surface area contributed by atoms with E-state index in [1.165, 1.54) is 5.56 Å². The van der Waals surface area contributed by atoms with Crippen LogP contribution in [0.2, 0.25) is 0 Å². The van der Waals surface area contributed by atoms with Crippen LogP contribution in [0, 0.1) is 0 Å². The topological polar surface area (TPSA) is 24.1 Å². The molecular formula is C9H11N2NaS2. The first-order chi connectivity index (χ1) is 6.20. The zero-order valence-corrected chi connectivity index (χ0v) is 11.9. The molecule has 1 rings (SSSR count). The third kappa shape index (κ3) is 5.24. The Kier molecular flexibility index (Phi) is 7.72. The molecule has 0 saturated heterocycles. The molecule has 1 aromatic rings. The van der Waals surface area contributed by atoms with E-state index in [1.807, 2.05) is 37.3 Å². The van der Waals surface area contributed by atoms with Gasteiger partial charge in [0.2, 0.25) is 0 Å². The standard InChI is InChI=1S/C9H12N2S2.Na/c1-7(10-11-9(12)13)8-5-3-2-4-6-8;/h2-7,10H,1H3,(H2,11,12,13);/q;+1/p-1. The second kappa shape index (κ2) is 7.56. The molecule has 0 amide bonds. The Hall–Kier alpha value is 0.290. The van der Waals surface area contributed by atoms with E-state index in [0.717, 1.165) is 0 Å². The molecule has 1 atom stereocenters. The van der Waals surface area contributed by atoms with Crippen molar-refractivity contribution in [3.63, 3.8) is 0 Å². The smallest absolute Gasteiger partial charge is 0.410 e. The molecule has 0 spiro atoms. The molecule has 2 N–H and O–H groups in total. The van der Waals surface area contributed by atoms with Crippen LogP contribution in [0.25, 0.3) is 0 Å². The maximum atomic E-state index is 4.71. The average molecular weight is 234 g/mol. The van der Waals surface area contributed by atoms with Crippen molar-refractivity contribution in [1.82, 2.24) is 10.9 Å². The number of thiocarbonyl (C=S) groups is 1. The molecule has 1 aromatic carbocycles. The minimum Gasteiger partial charge on any atom is -0.410 e. The predicted octanol–water partition coefficient (Wildman–Crippen LogP) is -1.32. The van der Waals surface area contributed by atoms with Gasteiger partial charge in [-0.25, -0.2) is 5.43 Å². The fraction of sp³-hybridized carbons (Fsp3) is 0.222. The summed E-state index contributed by atoms with van der Waals surface area (Å²) >= 11 is 9.41. The first-order valence-electron chi connectivity index (χ1n) is 3.97. The zero-order chi connectivity index (χ0) is 9.68. The van der Waals surface area contributed by atoms with Crippen molar-refractivity contribution in [2.75, 3.05) is 0 Å². The van der Waals surface area contributed by atoms with E-state index in [1.54, 1.807) is 0 Å². The van der Waals surface area contributed by atoms with Crippen LogP contribution in [0.15, 0.2) is 30.3 Å². The van der Waals surface area contributed by atoms with Crippen molar-refractivity contribution in [2.45, 2.75) is 13.0 Å². The summed E-state index contributed by atoms with van der Waals surface area (Å²) in [7, 11) is 0. The number of hydrazine groups is 1. The van der Waals surface area contributed by atoms with Gasteiger partial charge >= 0.3 is 29.6 Å². The summed E-state index contributed by atoms with van der Waals surface area (Å²) in [6, 6.07) is 10.3. The van der Waals surface area contributed by atoms with Crippen molar-refractivity contribution in [1.29, 1.82) is 0 Å². The number of rotatable bonds is 3. The number of benzene rings is 1. The Morgan fingerprint density at radius 2 is 1.93 bits per heavy atom. The van der Waals surface area contributed by atoms with Crippen LogP contribution in [-0.2, 0) is 12.6 Å². The van der Waals surface area contributed by atoms with Crippen molar-refractivity contribution < 1.29 is 29.6 Å². The summed E-state index contributed by atoms with van der Waals surface area (Å²) < 4.78 is 0.336. The SMILES string of the molecule is CC(NNC(=S)[S-])c1ccccc1.[Na+]. The van der Waals surface area contributed by atoms with Gasteiger partial charge in [-0.1, -0.05) is 30.3 Å². The van der Waals surface area contributed by atoms with E-state index in [-0.39, 0.29) is 35.6 Å². The normalized spacial score (nSPS) is 11.2. The molecule has 0 aliphatic heterocycles. The second-order valence-corrected chi connectivity index (χ2v) is 3.76. The first kappa shape index (κ1) is 14.3. The monoisotopic (exact) mass is 234 g/mol. The summed E-state index contributed by atoms with van der Waals surface area (Å²) in [6.07, 6.45) is 0. The molecular weight excluding hydrogens is 223 g/mol. The van der Waals surface area contributed by atoms with Crippen LogP contribution in [0.5, 0.6) is 0 Å². The Morgan fingerprint density at radius 1 is 1.36 bits per heavy atom. The van der Waals surface area contributed by atoms with E-state index >= 15 is 0 Å². The van der Waals surface area contributed by atoms with E-state index in [0.29, 0.717) is 4.32 Å². The molecule has 0 aliphatic carbocycles. The van der Waals surface area contributed by atoms with E-state index in [2.05, 4.69) is 10.9 Å². The maximum Gasteiger partial charge on any atom is 1.00 e. The summed E-state index contributed by atoms with van der Waals surface area (Å²) in [4.78, 5) is 0. The van der Waals surface area contributed by atoms with Crippen molar-refractivity contribution >= 4 is 29.2 Å². The Labute approximate surface area is 118 Å². The quantitative estimate of drug-likeness (QED) is 0.293. The number of hydrogen-bond acceptors (Lipinski definition) is 3. The van der Waals surface area contributed by atoms with Gasteiger partial charge in [0.25, 0.3) is 0 Å². The van der Waals surface area contributed by atoms with Crippen LogP contribution >= 0.6 is 12.2 Å². The third-order valence-electron chi connectivity index (χ3n) is 1.69. The van der Waals surface area contributed by atoms with Gasteiger partial charge in [-0.2, -0.15) is 0 Å². The molecule has 70 valence electrons. The minimum atomic E-state index is 0. The summed E-state index contributed by atoms with van der Waals surface area (Å²) in [6.45, 7) is 2.04. The van der Waals surface area contributed by atoms with E-state index in [9.17, 15) is 0 Å². The molecule has 0 fully saturated rings. The zero-order valence-electron chi connectivity index (χ0n) is 8.28. The van der Waals surface area contributed by atoms with Crippen LogP contribution in [0.1, 0.15) is 18.5 Å². The summed E-state index contributed by atoms with van der Waals surface area (Å²) in [5.41, 5.74) is 6.94. The molecule has 2 nitrogen and oxygen atoms in total. The molecule has 5 heteroatoms. The maximum absolute atomic E-state index is 4.71. The van der Waals surface area contributed by atoms with Crippen LogP contribution in [0.3, 0.4) is 0 Å². The second-order valence-electron chi connectivity index (χ2n) is 2.69. The minimum absolute atomic E-state index is 0. The van der Waals surface area contributed by atoms with Crippen LogP contribution in [0.4, 0.5) is 0 Å². The molecule has 1 unspecified atom stereocenters. The predicted molar refractivity (Wildman–Crippen MR) is 61.1 cm³/mol. The Morgan fingerprint density at radius 3 is 2.43 bits per heavy atom. The number of hydrogen-bond donors (Lipinski definition) is 2. The molecule has 0 aromatic heterocycles. The molecule has 14 heavy (non-hydrogen) atoms. The largest absolute Gasteiger partial charge is 1.00 e. The van der Waals surface area contributed by atoms with Gasteiger partial charge < -0.3 is 30.3 Å². The average Bonchev–Trinajstić information content (AvgIpc) is 2.15. The van der Waals surface area contributed by atoms with Gasteiger partial charge in [-0.15, -0.1) is 0 Å². The van der Waals surface area contributed by atoms with Crippen molar-refractivity contribution in [3.8, 4) is 0 Å². The van der Waals surface area contributed by atoms with Gasteiger partial charge in [0.05, 0.1) is 0 Å². The number of nitrogens with one attached hydrogen (secondary N) is 2. The molecule has 0 bridgehead atoms. The third-order valence-corrected chi connectivity index (χ3v) is 1.89. The van der Waals surface area contributed by atoms with Crippen LogP contribution in [-0.4, -0.2) is 4.32 Å². The fourth-order valence-corrected chi connectivity index (χ4v) is 1.11. The van der Waals surface area contributed by atoms with Crippen LogP contribution < -0.4 is 40.4 Å². The summed E-state index contributed by atoms with van der Waals surface area (Å²) in [5.74, 6) is 0. The van der Waals surface area contributed by atoms with Gasteiger partial charge in [-0.3, -0.25) is 0 Å². The molecule has 0 radical (unpaired) electrons. The fourth-order valence-electron chi connectivity index (χ4n) is 0.992. The Balaban J connectivity index is 0.00000169. The van der Waals surface area contributed by atoms with Crippen molar-refractivity contribution in [3.05, 3.63) is 35.9 Å². The molecule has 0 heterocycles. The molecule has 0 aliphatic rings. The van der Waals surface area contributed by atoms with E-state index in [4.69, 9.17) is 24.8 Å². The van der Waals surface area contributed by atoms with Gasteiger partial charge in [0.1, 0.15) is 0 Å². The van der Waals surface area contributed by atoms with Gasteiger partial charge in [-0.05, 0) is 16.8 Å². The first-order valence-corrected chi connectivity index (χ1v) is 4.79.